The SMILES string of the molecule is CN(c1nc(Nc2ccc(F)c(Cl)c2)ncc1-c1cccc(C=CC(=O)O)c1)c1cncn1C. The van der Waals surface area contributed by atoms with Crippen molar-refractivity contribution in [1.82, 2.24) is 19.5 Å². The molecule has 2 aromatic heterocycles. The van der Waals surface area contributed by atoms with E-state index in [1.807, 2.05) is 47.8 Å². The van der Waals surface area contributed by atoms with Crippen molar-refractivity contribution in [1.29, 1.82) is 0 Å². The van der Waals surface area contributed by atoms with E-state index in [0.717, 1.165) is 28.6 Å². The number of imidazole rings is 1. The van der Waals surface area contributed by atoms with E-state index in [4.69, 9.17) is 21.7 Å². The molecule has 0 amide bonds. The summed E-state index contributed by atoms with van der Waals surface area (Å²) in [4.78, 5) is 26.1. The van der Waals surface area contributed by atoms with E-state index in [1.54, 1.807) is 24.8 Å². The molecule has 0 radical (unpaired) electrons. The molecule has 0 bridgehead atoms. The smallest absolute Gasteiger partial charge is 0.328 e. The number of halogens is 2. The van der Waals surface area contributed by atoms with E-state index in [0.29, 0.717) is 11.5 Å². The molecule has 10 heteroatoms. The van der Waals surface area contributed by atoms with Gasteiger partial charge in [-0.25, -0.2) is 19.2 Å². The molecular formula is C24H20ClFN6O2. The highest BCUT2D eigenvalue weighted by Gasteiger charge is 2.17. The predicted molar refractivity (Wildman–Crippen MR) is 130 cm³/mol. The first-order valence-electron chi connectivity index (χ1n) is 10.1. The van der Waals surface area contributed by atoms with E-state index in [1.165, 1.54) is 18.2 Å². The third-order valence-corrected chi connectivity index (χ3v) is 5.30. The third-order valence-electron chi connectivity index (χ3n) is 5.01. The summed E-state index contributed by atoms with van der Waals surface area (Å²) in [5, 5.41) is 12.0. The van der Waals surface area contributed by atoms with Gasteiger partial charge in [0, 0.05) is 37.6 Å². The van der Waals surface area contributed by atoms with Gasteiger partial charge in [-0.15, -0.1) is 0 Å². The monoisotopic (exact) mass is 478 g/mol. The van der Waals surface area contributed by atoms with Crippen LogP contribution in [0, 0.1) is 5.82 Å². The average molecular weight is 479 g/mol. The molecule has 0 saturated heterocycles. The lowest BCUT2D eigenvalue weighted by atomic mass is 10.0. The van der Waals surface area contributed by atoms with Crippen LogP contribution >= 0.6 is 11.6 Å². The van der Waals surface area contributed by atoms with E-state index < -0.39 is 11.8 Å². The summed E-state index contributed by atoms with van der Waals surface area (Å²) in [5.74, 6) is 0.113. The Morgan fingerprint density at radius 2 is 2.06 bits per heavy atom. The van der Waals surface area contributed by atoms with Crippen LogP contribution < -0.4 is 10.2 Å². The molecule has 2 heterocycles. The number of rotatable bonds is 7. The summed E-state index contributed by atoms with van der Waals surface area (Å²) in [5.41, 5.74) is 2.77. The fourth-order valence-corrected chi connectivity index (χ4v) is 3.54. The van der Waals surface area contributed by atoms with Crippen molar-refractivity contribution >= 4 is 46.9 Å². The molecule has 4 rings (SSSR count). The highest BCUT2D eigenvalue weighted by molar-refractivity contribution is 6.31. The molecule has 0 saturated carbocycles. The van der Waals surface area contributed by atoms with Crippen molar-refractivity contribution < 1.29 is 14.3 Å². The van der Waals surface area contributed by atoms with Crippen molar-refractivity contribution in [2.24, 2.45) is 7.05 Å². The van der Waals surface area contributed by atoms with Crippen molar-refractivity contribution in [2.75, 3.05) is 17.3 Å². The fraction of sp³-hybridized carbons (Fsp3) is 0.0833. The van der Waals surface area contributed by atoms with Crippen LogP contribution in [-0.4, -0.2) is 37.6 Å². The predicted octanol–water partition coefficient (Wildman–Crippen LogP) is 5.28. The van der Waals surface area contributed by atoms with Crippen molar-refractivity contribution in [3.05, 3.63) is 83.7 Å². The second-order valence-electron chi connectivity index (χ2n) is 7.40. The molecule has 2 aromatic carbocycles. The Morgan fingerprint density at radius 3 is 2.76 bits per heavy atom. The lowest BCUT2D eigenvalue weighted by Crippen LogP contribution is -2.16. The lowest BCUT2D eigenvalue weighted by Gasteiger charge is -2.22. The summed E-state index contributed by atoms with van der Waals surface area (Å²) in [6.07, 6.45) is 7.67. The number of aromatic nitrogens is 4. The van der Waals surface area contributed by atoms with Crippen LogP contribution in [0.5, 0.6) is 0 Å². The molecule has 34 heavy (non-hydrogen) atoms. The zero-order chi connectivity index (χ0) is 24.2. The largest absolute Gasteiger partial charge is 0.478 e. The Labute approximate surface area is 200 Å². The lowest BCUT2D eigenvalue weighted by molar-refractivity contribution is -0.131. The molecular weight excluding hydrogens is 459 g/mol. The number of aryl methyl sites for hydroxylation is 1. The number of hydrogen-bond acceptors (Lipinski definition) is 6. The van der Waals surface area contributed by atoms with E-state index in [9.17, 15) is 9.18 Å². The Kier molecular flexibility index (Phi) is 6.55. The second kappa shape index (κ2) is 9.72. The van der Waals surface area contributed by atoms with Crippen molar-refractivity contribution in [2.45, 2.75) is 0 Å². The van der Waals surface area contributed by atoms with E-state index in [2.05, 4.69) is 15.3 Å². The first kappa shape index (κ1) is 22.9. The highest BCUT2D eigenvalue weighted by atomic mass is 35.5. The number of anilines is 4. The number of carboxylic acid groups (broad SMARTS) is 1. The highest BCUT2D eigenvalue weighted by Crippen LogP contribution is 2.34. The Morgan fingerprint density at radius 1 is 1.24 bits per heavy atom. The van der Waals surface area contributed by atoms with Crippen LogP contribution in [0.1, 0.15) is 5.56 Å². The number of carboxylic acids is 1. The minimum atomic E-state index is -1.03. The molecule has 0 fully saturated rings. The Balaban J connectivity index is 1.78. The quantitative estimate of drug-likeness (QED) is 0.349. The van der Waals surface area contributed by atoms with Gasteiger partial charge < -0.3 is 19.9 Å². The minimum Gasteiger partial charge on any atom is -0.478 e. The maximum absolute atomic E-state index is 13.5. The molecule has 2 N–H and O–H groups in total. The van der Waals surface area contributed by atoms with Gasteiger partial charge in [-0.2, -0.15) is 4.98 Å². The molecule has 0 atom stereocenters. The second-order valence-corrected chi connectivity index (χ2v) is 7.81. The normalized spacial score (nSPS) is 11.1. The maximum atomic E-state index is 13.5. The van der Waals surface area contributed by atoms with Gasteiger partial charge in [0.25, 0.3) is 0 Å². The van der Waals surface area contributed by atoms with Crippen molar-refractivity contribution in [3.63, 3.8) is 0 Å². The van der Waals surface area contributed by atoms with E-state index in [-0.39, 0.29) is 11.0 Å². The molecule has 0 aliphatic rings. The van der Waals surface area contributed by atoms with Crippen LogP contribution in [0.4, 0.5) is 27.7 Å². The van der Waals surface area contributed by atoms with Gasteiger partial charge in [-0.05, 0) is 41.5 Å². The summed E-state index contributed by atoms with van der Waals surface area (Å²) in [6, 6.07) is 11.6. The third kappa shape index (κ3) is 5.05. The standard InChI is InChI=1S/C24H20ClFN6O2/c1-31-14-27-13-21(31)32(2)23-18(16-5-3-4-15(10-16)6-9-22(33)34)12-28-24(30-23)29-17-7-8-20(26)19(25)11-17/h3-14H,1-2H3,(H,33,34)(H,28,29,30). The number of carbonyl (C=O) groups is 1. The van der Waals surface area contributed by atoms with E-state index >= 15 is 0 Å². The average Bonchev–Trinajstić information content (AvgIpc) is 3.25. The first-order valence-corrected chi connectivity index (χ1v) is 10.5. The summed E-state index contributed by atoms with van der Waals surface area (Å²) >= 11 is 5.90. The van der Waals surface area contributed by atoms with Gasteiger partial charge in [-0.1, -0.05) is 29.8 Å². The maximum Gasteiger partial charge on any atom is 0.328 e. The summed E-state index contributed by atoms with van der Waals surface area (Å²) in [6.45, 7) is 0. The minimum absolute atomic E-state index is 0.0138. The molecule has 4 aromatic rings. The van der Waals surface area contributed by atoms with Crippen LogP contribution in [-0.2, 0) is 11.8 Å². The van der Waals surface area contributed by atoms with Crippen LogP contribution in [0.15, 0.2) is 67.3 Å². The van der Waals surface area contributed by atoms with Gasteiger partial charge in [0.2, 0.25) is 5.95 Å². The van der Waals surface area contributed by atoms with Gasteiger partial charge in [0.15, 0.2) is 0 Å². The number of hydrogen-bond donors (Lipinski definition) is 2. The molecule has 0 spiro atoms. The number of nitrogens with one attached hydrogen (secondary N) is 1. The summed E-state index contributed by atoms with van der Waals surface area (Å²) < 4.78 is 15.4. The zero-order valence-electron chi connectivity index (χ0n) is 18.3. The summed E-state index contributed by atoms with van der Waals surface area (Å²) in [7, 11) is 3.73. The topological polar surface area (TPSA) is 96.2 Å². The number of benzene rings is 2. The molecule has 0 aliphatic carbocycles. The molecule has 8 nitrogen and oxygen atoms in total. The van der Waals surface area contributed by atoms with Crippen LogP contribution in [0.2, 0.25) is 5.02 Å². The van der Waals surface area contributed by atoms with Gasteiger partial charge in [0.1, 0.15) is 17.5 Å². The van der Waals surface area contributed by atoms with Crippen LogP contribution in [0.25, 0.3) is 17.2 Å². The van der Waals surface area contributed by atoms with Gasteiger partial charge in [0.05, 0.1) is 17.5 Å². The first-order chi connectivity index (χ1) is 16.3. The van der Waals surface area contributed by atoms with Gasteiger partial charge in [-0.3, -0.25) is 0 Å². The van der Waals surface area contributed by atoms with Crippen molar-refractivity contribution in [3.8, 4) is 11.1 Å². The Hall–Kier alpha value is -4.24. The van der Waals surface area contributed by atoms with Crippen LogP contribution in [0.3, 0.4) is 0 Å². The molecule has 0 unspecified atom stereocenters. The zero-order valence-corrected chi connectivity index (χ0v) is 19.0. The molecule has 0 aliphatic heterocycles. The van der Waals surface area contributed by atoms with Gasteiger partial charge >= 0.3 is 5.97 Å². The fourth-order valence-electron chi connectivity index (χ4n) is 3.35. The number of nitrogens with zero attached hydrogens (tertiary/aromatic N) is 5. The number of aliphatic carboxylic acids is 1. The molecule has 172 valence electrons. The Bertz CT molecular complexity index is 1390.